The molecule has 5 nitrogen and oxygen atoms in total. The van der Waals surface area contributed by atoms with Crippen LogP contribution in [-0.2, 0) is 0 Å². The minimum absolute atomic E-state index is 0.0742. The normalized spacial score (nSPS) is 14.9. The molecule has 1 aliphatic heterocycles. The minimum Gasteiger partial charge on any atom is -0.497 e. The van der Waals surface area contributed by atoms with E-state index in [4.69, 9.17) is 14.8 Å². The quantitative estimate of drug-likeness (QED) is 0.417. The largest absolute Gasteiger partial charge is 0.497 e. The van der Waals surface area contributed by atoms with E-state index < -0.39 is 0 Å². The molecule has 3 aromatic carbocycles. The number of rotatable bonds is 4. The fourth-order valence-corrected chi connectivity index (χ4v) is 4.11. The molecule has 0 saturated heterocycles. The highest BCUT2D eigenvalue weighted by Crippen LogP contribution is 2.40. The van der Waals surface area contributed by atoms with Gasteiger partial charge in [0.1, 0.15) is 23.1 Å². The van der Waals surface area contributed by atoms with Crippen LogP contribution in [0.3, 0.4) is 0 Å². The molecular weight excluding hydrogens is 396 g/mol. The van der Waals surface area contributed by atoms with Gasteiger partial charge in [0.05, 0.1) is 18.9 Å². The van der Waals surface area contributed by atoms with Gasteiger partial charge in [-0.05, 0) is 30.2 Å². The van der Waals surface area contributed by atoms with E-state index in [0.717, 1.165) is 33.7 Å². The first-order chi connectivity index (χ1) is 15.7. The summed E-state index contributed by atoms with van der Waals surface area (Å²) in [4.78, 5) is 4.93. The average Bonchev–Trinajstić information content (AvgIpc) is 3.23. The lowest BCUT2D eigenvalue weighted by Gasteiger charge is -2.25. The Labute approximate surface area is 187 Å². The summed E-state index contributed by atoms with van der Waals surface area (Å²) in [5.41, 5.74) is 6.35. The topological polar surface area (TPSA) is 63.2 Å². The van der Waals surface area contributed by atoms with Gasteiger partial charge in [0, 0.05) is 12.0 Å². The van der Waals surface area contributed by atoms with Crippen molar-refractivity contribution in [2.45, 2.75) is 19.4 Å². The smallest absolute Gasteiger partial charge is 0.170 e. The molecule has 0 aliphatic carbocycles. The summed E-state index contributed by atoms with van der Waals surface area (Å²) >= 11 is 0. The van der Waals surface area contributed by atoms with Crippen LogP contribution in [0.1, 0.15) is 34.7 Å². The molecule has 0 bridgehead atoms. The second-order valence-electron chi connectivity index (χ2n) is 7.89. The zero-order valence-corrected chi connectivity index (χ0v) is 18.0. The maximum atomic E-state index is 10.1. The zero-order valence-electron chi connectivity index (χ0n) is 18.0. The number of methoxy groups -OCH3 is 1. The maximum absolute atomic E-state index is 10.1. The summed E-state index contributed by atoms with van der Waals surface area (Å²) in [5.74, 6) is 1.41. The van der Waals surface area contributed by atoms with Gasteiger partial charge >= 0.3 is 0 Å². The number of aryl methyl sites for hydroxylation is 1. The number of aromatic nitrogens is 2. The van der Waals surface area contributed by atoms with Crippen LogP contribution >= 0.6 is 0 Å². The Bertz CT molecular complexity index is 1330. The summed E-state index contributed by atoms with van der Waals surface area (Å²) in [5, 5.41) is 15.0. The first-order valence-corrected chi connectivity index (χ1v) is 10.5. The fourth-order valence-electron chi connectivity index (χ4n) is 4.11. The molecule has 32 heavy (non-hydrogen) atoms. The number of nitrogens with zero attached hydrogens (tertiary/aromatic N) is 4. The summed E-state index contributed by atoms with van der Waals surface area (Å²) < 4.78 is 7.24. The summed E-state index contributed by atoms with van der Waals surface area (Å²) in [6.07, 6.45) is 0.684. The number of aliphatic imine (C=N–C) groups is 1. The Morgan fingerprint density at radius 1 is 0.938 bits per heavy atom. The number of hydrogen-bond donors (Lipinski definition) is 0. The number of nitriles is 1. The Hall–Kier alpha value is -4.17. The van der Waals surface area contributed by atoms with E-state index in [1.54, 1.807) is 7.11 Å². The Morgan fingerprint density at radius 3 is 2.31 bits per heavy atom. The van der Waals surface area contributed by atoms with Crippen LogP contribution in [0.4, 0.5) is 5.82 Å². The predicted molar refractivity (Wildman–Crippen MR) is 126 cm³/mol. The fraction of sp³-hybridized carbons (Fsp3) is 0.148. The average molecular weight is 419 g/mol. The lowest BCUT2D eigenvalue weighted by atomic mass is 9.95. The highest BCUT2D eigenvalue weighted by molar-refractivity contribution is 6.03. The molecule has 1 aliphatic rings. The minimum atomic E-state index is -0.0742. The summed E-state index contributed by atoms with van der Waals surface area (Å²) in [6, 6.07) is 28.5. The molecule has 0 fully saturated rings. The van der Waals surface area contributed by atoms with Gasteiger partial charge in [-0.25, -0.2) is 9.67 Å². The van der Waals surface area contributed by atoms with Crippen molar-refractivity contribution in [1.82, 2.24) is 9.78 Å². The molecular formula is C27H22N4O. The lowest BCUT2D eigenvalue weighted by Crippen LogP contribution is -2.21. The second-order valence-corrected chi connectivity index (χ2v) is 7.89. The summed E-state index contributed by atoms with van der Waals surface area (Å²) in [7, 11) is 1.66. The Morgan fingerprint density at radius 2 is 1.66 bits per heavy atom. The molecule has 4 aromatic rings. The molecule has 1 aromatic heterocycles. The van der Waals surface area contributed by atoms with E-state index in [-0.39, 0.29) is 6.04 Å². The number of ether oxygens (including phenoxy) is 1. The molecule has 0 radical (unpaired) electrons. The van der Waals surface area contributed by atoms with E-state index >= 15 is 0 Å². The van der Waals surface area contributed by atoms with Gasteiger partial charge < -0.3 is 4.74 Å². The third kappa shape index (κ3) is 3.46. The van der Waals surface area contributed by atoms with Crippen molar-refractivity contribution in [2.24, 2.45) is 4.99 Å². The molecule has 0 spiro atoms. The van der Waals surface area contributed by atoms with Crippen molar-refractivity contribution in [1.29, 1.82) is 5.26 Å². The van der Waals surface area contributed by atoms with Gasteiger partial charge in [0.25, 0.3) is 0 Å². The first-order valence-electron chi connectivity index (χ1n) is 10.5. The van der Waals surface area contributed by atoms with Gasteiger partial charge in [-0.1, -0.05) is 72.3 Å². The van der Waals surface area contributed by atoms with E-state index in [1.165, 1.54) is 0 Å². The van der Waals surface area contributed by atoms with E-state index in [1.807, 2.05) is 66.2 Å². The van der Waals surface area contributed by atoms with E-state index in [9.17, 15) is 5.26 Å². The van der Waals surface area contributed by atoms with E-state index in [2.05, 4.69) is 30.3 Å². The van der Waals surface area contributed by atoms with Crippen molar-refractivity contribution in [3.05, 3.63) is 101 Å². The van der Waals surface area contributed by atoms with Crippen molar-refractivity contribution in [3.8, 4) is 23.1 Å². The molecule has 5 heteroatoms. The lowest BCUT2D eigenvalue weighted by molar-refractivity contribution is 0.414. The standard InChI is InChI=1S/C27H22N4O/c1-18-8-10-21(11-9-18)26-23(17-28)27-29-24(19-6-4-3-5-7-19)16-25(31(27)30-26)20-12-14-22(32-2)15-13-20/h3-15,25H,16H2,1-2H3. The number of benzene rings is 3. The van der Waals surface area contributed by atoms with Crippen LogP contribution in [0.15, 0.2) is 83.9 Å². The summed E-state index contributed by atoms with van der Waals surface area (Å²) in [6.45, 7) is 2.04. The Balaban J connectivity index is 1.70. The molecule has 0 saturated carbocycles. The molecule has 1 unspecified atom stereocenters. The highest BCUT2D eigenvalue weighted by atomic mass is 16.5. The molecule has 0 N–H and O–H groups in total. The highest BCUT2D eigenvalue weighted by Gasteiger charge is 2.30. The van der Waals surface area contributed by atoms with Crippen LogP contribution in [0.2, 0.25) is 0 Å². The van der Waals surface area contributed by atoms with Crippen LogP contribution in [0, 0.1) is 18.3 Å². The van der Waals surface area contributed by atoms with Crippen molar-refractivity contribution < 1.29 is 4.74 Å². The molecule has 1 atom stereocenters. The Kier molecular flexibility index (Phi) is 5.04. The zero-order chi connectivity index (χ0) is 22.1. The van der Waals surface area contributed by atoms with Crippen LogP contribution < -0.4 is 4.74 Å². The second kappa shape index (κ2) is 8.16. The van der Waals surface area contributed by atoms with Crippen LogP contribution in [0.5, 0.6) is 5.75 Å². The van der Waals surface area contributed by atoms with Crippen LogP contribution in [0.25, 0.3) is 11.3 Å². The van der Waals surface area contributed by atoms with Crippen molar-refractivity contribution in [2.75, 3.05) is 7.11 Å². The van der Waals surface area contributed by atoms with Gasteiger partial charge in [0.2, 0.25) is 0 Å². The van der Waals surface area contributed by atoms with Crippen molar-refractivity contribution in [3.63, 3.8) is 0 Å². The molecule has 0 amide bonds. The maximum Gasteiger partial charge on any atom is 0.170 e. The molecule has 2 heterocycles. The third-order valence-corrected chi connectivity index (χ3v) is 5.85. The van der Waals surface area contributed by atoms with Gasteiger partial charge in [-0.2, -0.15) is 10.4 Å². The number of fused-ring (bicyclic) bond motifs is 1. The van der Waals surface area contributed by atoms with Gasteiger partial charge in [-0.15, -0.1) is 0 Å². The number of hydrogen-bond acceptors (Lipinski definition) is 4. The van der Waals surface area contributed by atoms with Gasteiger partial charge in [-0.3, -0.25) is 0 Å². The van der Waals surface area contributed by atoms with E-state index in [0.29, 0.717) is 23.5 Å². The van der Waals surface area contributed by atoms with Crippen LogP contribution in [-0.4, -0.2) is 22.6 Å². The molecule has 156 valence electrons. The molecule has 5 rings (SSSR count). The van der Waals surface area contributed by atoms with Gasteiger partial charge in [0.15, 0.2) is 5.82 Å². The monoisotopic (exact) mass is 418 g/mol. The third-order valence-electron chi connectivity index (χ3n) is 5.85. The first kappa shape index (κ1) is 19.8. The van der Waals surface area contributed by atoms with Crippen molar-refractivity contribution >= 4 is 11.5 Å². The SMILES string of the molecule is COc1ccc(C2CC(c3ccccc3)=Nc3c(C#N)c(-c4ccc(C)cc4)nn32)cc1. The predicted octanol–water partition coefficient (Wildman–Crippen LogP) is 5.85.